The highest BCUT2D eigenvalue weighted by Crippen LogP contribution is 2.30. The van der Waals surface area contributed by atoms with E-state index in [-0.39, 0.29) is 12.0 Å². The molecule has 2 heteroatoms. The molecule has 3 rings (SSSR count). The van der Waals surface area contributed by atoms with E-state index in [0.29, 0.717) is 0 Å². The molecule has 1 aromatic heterocycles. The first kappa shape index (κ1) is 17.1. The second kappa shape index (κ2) is 7.43. The van der Waals surface area contributed by atoms with Crippen LogP contribution in [0, 0.1) is 5.92 Å². The minimum absolute atomic E-state index is 0.0640. The first-order valence-corrected chi connectivity index (χ1v) is 8.79. The Labute approximate surface area is 150 Å². The molecule has 126 valence electrons. The summed E-state index contributed by atoms with van der Waals surface area (Å²) in [6.07, 6.45) is 10.2. The van der Waals surface area contributed by atoms with Crippen LogP contribution in [0.5, 0.6) is 0 Å². The van der Waals surface area contributed by atoms with Crippen LogP contribution >= 0.6 is 0 Å². The van der Waals surface area contributed by atoms with Crippen molar-refractivity contribution in [1.82, 2.24) is 0 Å². The Morgan fingerprint density at radius 1 is 1.16 bits per heavy atom. The van der Waals surface area contributed by atoms with E-state index in [1.165, 1.54) is 16.8 Å². The van der Waals surface area contributed by atoms with Crippen LogP contribution in [0.2, 0.25) is 0 Å². The van der Waals surface area contributed by atoms with E-state index >= 15 is 0 Å². The van der Waals surface area contributed by atoms with Crippen molar-refractivity contribution in [3.05, 3.63) is 85.7 Å². The van der Waals surface area contributed by atoms with Crippen LogP contribution in [0.15, 0.2) is 80.2 Å². The van der Waals surface area contributed by atoms with Crippen LogP contribution in [0.25, 0.3) is 17.0 Å². The summed E-state index contributed by atoms with van der Waals surface area (Å²) in [5, 5.41) is 0. The standard InChI is InChI=1S/C23H26N2/c1-5-16-24(4)23-18(3)25-17-10-9-13-22(25)21-12-8-7-11-20(21)15-14-19(23)6-2/h5-13,16-17,19,23H,2-4,14-15H2,1H3/q+2/b16-5-. The summed E-state index contributed by atoms with van der Waals surface area (Å²) in [6, 6.07) is 15.0. The van der Waals surface area contributed by atoms with Crippen molar-refractivity contribution in [2.45, 2.75) is 25.8 Å². The van der Waals surface area contributed by atoms with Gasteiger partial charge in [0.2, 0.25) is 17.4 Å². The molecule has 0 saturated carbocycles. The summed E-state index contributed by atoms with van der Waals surface area (Å²) in [5.74, 6) is 0.271. The SMILES string of the molecule is C=CC1CCc2ccccc2-c2cccc[n+]2C(=C)C1[N+](=C)/C=C\C. The molecule has 2 aromatic rings. The summed E-state index contributed by atoms with van der Waals surface area (Å²) in [7, 11) is 0. The average molecular weight is 330 g/mol. The van der Waals surface area contributed by atoms with Crippen molar-refractivity contribution in [3.8, 4) is 11.3 Å². The Morgan fingerprint density at radius 3 is 2.68 bits per heavy atom. The summed E-state index contributed by atoms with van der Waals surface area (Å²) in [5.41, 5.74) is 4.83. The second-order valence-electron chi connectivity index (χ2n) is 6.48. The molecular formula is C23H26N2+2. The Bertz CT molecular complexity index is 845. The Kier molecular flexibility index (Phi) is 5.08. The number of nitrogens with zero attached hydrogens (tertiary/aromatic N) is 2. The van der Waals surface area contributed by atoms with Crippen molar-refractivity contribution >= 4 is 12.4 Å². The number of hydrogen-bond donors (Lipinski definition) is 0. The molecule has 2 atom stereocenters. The maximum atomic E-state index is 4.45. The third-order valence-electron chi connectivity index (χ3n) is 4.96. The van der Waals surface area contributed by atoms with Crippen molar-refractivity contribution in [3.63, 3.8) is 0 Å². The third-order valence-corrected chi connectivity index (χ3v) is 4.96. The molecule has 0 radical (unpaired) electrons. The van der Waals surface area contributed by atoms with Gasteiger partial charge in [-0.3, -0.25) is 0 Å². The minimum atomic E-state index is 0.0640. The van der Waals surface area contributed by atoms with E-state index in [9.17, 15) is 0 Å². The van der Waals surface area contributed by atoms with Gasteiger partial charge in [-0.25, -0.2) is 0 Å². The van der Waals surface area contributed by atoms with E-state index in [2.05, 4.69) is 79.2 Å². The van der Waals surface area contributed by atoms with E-state index in [1.54, 1.807) is 0 Å². The van der Waals surface area contributed by atoms with Gasteiger partial charge in [0.15, 0.2) is 12.4 Å². The largest absolute Gasteiger partial charge is 0.249 e. The molecule has 2 heterocycles. The molecule has 0 amide bonds. The summed E-state index contributed by atoms with van der Waals surface area (Å²) >= 11 is 0. The molecule has 0 bridgehead atoms. The highest BCUT2D eigenvalue weighted by atomic mass is 15.1. The second-order valence-corrected chi connectivity index (χ2v) is 6.48. The van der Waals surface area contributed by atoms with Crippen molar-refractivity contribution in [1.29, 1.82) is 0 Å². The number of allylic oxidation sites excluding steroid dienone is 1. The van der Waals surface area contributed by atoms with E-state index in [1.807, 2.05) is 23.8 Å². The topological polar surface area (TPSA) is 6.89 Å². The highest BCUT2D eigenvalue weighted by Gasteiger charge is 2.38. The molecule has 25 heavy (non-hydrogen) atoms. The molecule has 0 fully saturated rings. The molecule has 2 unspecified atom stereocenters. The predicted molar refractivity (Wildman–Crippen MR) is 105 cm³/mol. The lowest BCUT2D eigenvalue weighted by Gasteiger charge is -2.18. The summed E-state index contributed by atoms with van der Waals surface area (Å²) in [4.78, 5) is 0. The number of pyridine rings is 1. The van der Waals surface area contributed by atoms with Gasteiger partial charge in [0.25, 0.3) is 0 Å². The van der Waals surface area contributed by atoms with Gasteiger partial charge in [-0.15, -0.1) is 6.58 Å². The summed E-state index contributed by atoms with van der Waals surface area (Å²) < 4.78 is 4.21. The number of fused-ring (bicyclic) bond motifs is 3. The number of aryl methyl sites for hydroxylation is 1. The lowest BCUT2D eigenvalue weighted by Crippen LogP contribution is -2.45. The molecule has 1 aromatic carbocycles. The van der Waals surface area contributed by atoms with E-state index in [0.717, 1.165) is 18.5 Å². The van der Waals surface area contributed by atoms with Gasteiger partial charge in [-0.1, -0.05) is 24.3 Å². The fourth-order valence-electron chi connectivity index (χ4n) is 3.74. The Hall–Kier alpha value is -2.74. The third kappa shape index (κ3) is 3.25. The number of rotatable bonds is 3. The average Bonchev–Trinajstić information content (AvgIpc) is 2.69. The maximum absolute atomic E-state index is 4.45. The zero-order valence-corrected chi connectivity index (χ0v) is 14.9. The molecular weight excluding hydrogens is 304 g/mol. The highest BCUT2D eigenvalue weighted by molar-refractivity contribution is 5.62. The van der Waals surface area contributed by atoms with E-state index in [4.69, 9.17) is 0 Å². The smallest absolute Gasteiger partial charge is 0.198 e. The van der Waals surface area contributed by atoms with Crippen molar-refractivity contribution in [2.75, 3.05) is 0 Å². The molecule has 1 aliphatic rings. The fourth-order valence-corrected chi connectivity index (χ4v) is 3.74. The molecule has 0 saturated heterocycles. The van der Waals surface area contributed by atoms with Gasteiger partial charge in [-0.2, -0.15) is 9.14 Å². The van der Waals surface area contributed by atoms with Crippen LogP contribution in [-0.4, -0.2) is 17.3 Å². The van der Waals surface area contributed by atoms with Gasteiger partial charge >= 0.3 is 0 Å². The van der Waals surface area contributed by atoms with Crippen molar-refractivity contribution < 1.29 is 9.14 Å². The first-order chi connectivity index (χ1) is 12.2. The number of aromatic nitrogens is 1. The number of benzene rings is 1. The molecule has 0 spiro atoms. The van der Waals surface area contributed by atoms with Crippen LogP contribution < -0.4 is 4.57 Å². The van der Waals surface area contributed by atoms with Crippen LogP contribution in [-0.2, 0) is 6.42 Å². The lowest BCUT2D eigenvalue weighted by molar-refractivity contribution is -0.603. The minimum Gasteiger partial charge on any atom is -0.198 e. The van der Waals surface area contributed by atoms with Gasteiger partial charge in [-0.05, 0) is 50.1 Å². The van der Waals surface area contributed by atoms with Gasteiger partial charge in [0.1, 0.15) is 6.72 Å². The van der Waals surface area contributed by atoms with Crippen LogP contribution in [0.3, 0.4) is 0 Å². The van der Waals surface area contributed by atoms with Gasteiger partial charge in [0.05, 0.1) is 0 Å². The Morgan fingerprint density at radius 2 is 1.92 bits per heavy atom. The molecule has 0 N–H and O–H groups in total. The predicted octanol–water partition coefficient (Wildman–Crippen LogP) is 4.48. The quantitative estimate of drug-likeness (QED) is 0.445. The van der Waals surface area contributed by atoms with Gasteiger partial charge in [0, 0.05) is 23.6 Å². The monoisotopic (exact) mass is 330 g/mol. The first-order valence-electron chi connectivity index (χ1n) is 8.79. The van der Waals surface area contributed by atoms with Crippen molar-refractivity contribution in [2.24, 2.45) is 5.92 Å². The van der Waals surface area contributed by atoms with E-state index < -0.39 is 0 Å². The summed E-state index contributed by atoms with van der Waals surface area (Å²) in [6.45, 7) is 14.8. The molecule has 2 nitrogen and oxygen atoms in total. The van der Waals surface area contributed by atoms with Gasteiger partial charge < -0.3 is 0 Å². The fraction of sp³-hybridized carbons (Fsp3) is 0.217. The lowest BCUT2D eigenvalue weighted by atomic mass is 9.90. The van der Waals surface area contributed by atoms with Crippen LogP contribution in [0.1, 0.15) is 18.9 Å². The zero-order chi connectivity index (χ0) is 17.8. The molecule has 0 aliphatic carbocycles. The Balaban J connectivity index is 2.22. The van der Waals surface area contributed by atoms with Crippen LogP contribution in [0.4, 0.5) is 0 Å². The molecule has 1 aliphatic heterocycles. The number of hydrogen-bond acceptors (Lipinski definition) is 0. The maximum Gasteiger partial charge on any atom is 0.249 e. The normalized spacial score (nSPS) is 20.1. The zero-order valence-electron chi connectivity index (χ0n) is 14.9.